The van der Waals surface area contributed by atoms with Crippen LogP contribution in [0.15, 0.2) is 30.6 Å². The van der Waals surface area contributed by atoms with Gasteiger partial charge in [-0.3, -0.25) is 0 Å². The van der Waals surface area contributed by atoms with Crippen LogP contribution >= 0.6 is 0 Å². The van der Waals surface area contributed by atoms with Crippen LogP contribution in [0.1, 0.15) is 17.0 Å². The maximum absolute atomic E-state index is 12.5. The molecule has 3 aromatic rings. The minimum absolute atomic E-state index is 0.0727. The molecule has 0 spiro atoms. The average Bonchev–Trinajstić information content (AvgIpc) is 3.09. The van der Waals surface area contributed by atoms with Crippen molar-refractivity contribution in [3.8, 4) is 0 Å². The lowest BCUT2D eigenvalue weighted by molar-refractivity contribution is 0.193. The Kier molecular flexibility index (Phi) is 4.62. The van der Waals surface area contributed by atoms with Crippen LogP contribution in [0.25, 0.3) is 11.0 Å². The van der Waals surface area contributed by atoms with E-state index in [1.807, 2.05) is 4.90 Å². The van der Waals surface area contributed by atoms with Gasteiger partial charge in [0.05, 0.1) is 17.6 Å². The summed E-state index contributed by atoms with van der Waals surface area (Å²) in [6.07, 6.45) is 3.47. The molecule has 8 heteroatoms. The summed E-state index contributed by atoms with van der Waals surface area (Å²) >= 11 is 0. The predicted octanol–water partition coefficient (Wildman–Crippen LogP) is 2.00. The summed E-state index contributed by atoms with van der Waals surface area (Å²) in [4.78, 5) is 32.7. The number of carbonyl (C=O) groups excluding carboxylic acids is 1. The first kappa shape index (κ1) is 17.3. The maximum atomic E-state index is 12.5. The molecule has 8 nitrogen and oxygen atoms in total. The van der Waals surface area contributed by atoms with Crippen molar-refractivity contribution in [1.82, 2.24) is 30.2 Å². The summed E-state index contributed by atoms with van der Waals surface area (Å²) in [5.41, 5.74) is 4.37. The number of hydrogen-bond acceptors (Lipinski definition) is 5. The number of aryl methyl sites for hydroxylation is 2. The third kappa shape index (κ3) is 3.69. The van der Waals surface area contributed by atoms with Crippen molar-refractivity contribution in [2.45, 2.75) is 20.4 Å². The Morgan fingerprint density at radius 3 is 2.56 bits per heavy atom. The van der Waals surface area contributed by atoms with Gasteiger partial charge in [0.25, 0.3) is 0 Å². The lowest BCUT2D eigenvalue weighted by Gasteiger charge is -2.34. The fourth-order valence-corrected chi connectivity index (χ4v) is 3.24. The first-order chi connectivity index (χ1) is 13.1. The summed E-state index contributed by atoms with van der Waals surface area (Å²) < 4.78 is 0. The quantitative estimate of drug-likeness (QED) is 0.741. The third-order valence-corrected chi connectivity index (χ3v) is 4.96. The smallest absolute Gasteiger partial charge is 0.317 e. The average molecular weight is 365 g/mol. The number of carbonyl (C=O) groups is 1. The van der Waals surface area contributed by atoms with E-state index in [2.05, 4.69) is 56.1 Å². The fourth-order valence-electron chi connectivity index (χ4n) is 3.24. The molecule has 3 heterocycles. The van der Waals surface area contributed by atoms with Gasteiger partial charge in [0, 0.05) is 38.6 Å². The van der Waals surface area contributed by atoms with Crippen LogP contribution in [-0.4, -0.2) is 57.0 Å². The molecule has 2 aromatic heterocycles. The minimum atomic E-state index is -0.0727. The number of aromatic amines is 1. The number of urea groups is 1. The Bertz CT molecular complexity index is 906. The van der Waals surface area contributed by atoms with Crippen molar-refractivity contribution in [2.24, 2.45) is 0 Å². The second-order valence-corrected chi connectivity index (χ2v) is 6.82. The highest BCUT2D eigenvalue weighted by molar-refractivity contribution is 5.77. The van der Waals surface area contributed by atoms with Crippen molar-refractivity contribution in [2.75, 3.05) is 31.1 Å². The molecule has 4 rings (SSSR count). The first-order valence-electron chi connectivity index (χ1n) is 9.11. The molecule has 1 saturated heterocycles. The van der Waals surface area contributed by atoms with Gasteiger partial charge in [0.2, 0.25) is 5.95 Å². The van der Waals surface area contributed by atoms with Gasteiger partial charge < -0.3 is 20.1 Å². The Morgan fingerprint density at radius 2 is 1.81 bits per heavy atom. The number of fused-ring (bicyclic) bond motifs is 1. The van der Waals surface area contributed by atoms with Crippen molar-refractivity contribution in [3.63, 3.8) is 0 Å². The third-order valence-electron chi connectivity index (χ3n) is 4.96. The zero-order valence-electron chi connectivity index (χ0n) is 15.6. The largest absolute Gasteiger partial charge is 0.340 e. The summed E-state index contributed by atoms with van der Waals surface area (Å²) in [5, 5.41) is 2.96. The molecule has 0 unspecified atom stereocenters. The van der Waals surface area contributed by atoms with Crippen LogP contribution < -0.4 is 10.2 Å². The topological polar surface area (TPSA) is 90.0 Å². The molecule has 1 aliphatic heterocycles. The van der Waals surface area contributed by atoms with Gasteiger partial charge in [-0.25, -0.2) is 19.7 Å². The molecule has 0 bridgehead atoms. The van der Waals surface area contributed by atoms with Crippen LogP contribution in [0.5, 0.6) is 0 Å². The maximum Gasteiger partial charge on any atom is 0.317 e. The van der Waals surface area contributed by atoms with Gasteiger partial charge in [-0.2, -0.15) is 0 Å². The van der Waals surface area contributed by atoms with Gasteiger partial charge in [-0.15, -0.1) is 0 Å². The SMILES string of the molecule is Cc1cc2nc(CNC(=O)N3CCN(c4ncccn4)CC3)[nH]c2cc1C. The van der Waals surface area contributed by atoms with E-state index in [-0.39, 0.29) is 6.03 Å². The second kappa shape index (κ2) is 7.22. The highest BCUT2D eigenvalue weighted by Gasteiger charge is 2.22. The molecule has 2 N–H and O–H groups in total. The molecule has 0 aliphatic carbocycles. The van der Waals surface area contributed by atoms with Gasteiger partial charge in [0.1, 0.15) is 5.82 Å². The summed E-state index contributed by atoms with van der Waals surface area (Å²) in [6.45, 7) is 7.27. The molecule has 1 aromatic carbocycles. The van der Waals surface area contributed by atoms with E-state index in [1.54, 1.807) is 18.5 Å². The lowest BCUT2D eigenvalue weighted by atomic mass is 10.1. The highest BCUT2D eigenvalue weighted by atomic mass is 16.2. The van der Waals surface area contributed by atoms with E-state index >= 15 is 0 Å². The Hall–Kier alpha value is -3.16. The summed E-state index contributed by atoms with van der Waals surface area (Å²) in [7, 11) is 0. The number of imidazole rings is 1. The van der Waals surface area contributed by atoms with Crippen LogP contribution in [0, 0.1) is 13.8 Å². The zero-order valence-corrected chi connectivity index (χ0v) is 15.6. The number of benzene rings is 1. The van der Waals surface area contributed by atoms with E-state index < -0.39 is 0 Å². The number of aromatic nitrogens is 4. The summed E-state index contributed by atoms with van der Waals surface area (Å²) in [6, 6.07) is 5.88. The van der Waals surface area contributed by atoms with Crippen LogP contribution in [-0.2, 0) is 6.54 Å². The van der Waals surface area contributed by atoms with Crippen molar-refractivity contribution in [3.05, 3.63) is 47.5 Å². The van der Waals surface area contributed by atoms with E-state index in [0.29, 0.717) is 25.6 Å². The number of anilines is 1. The molecule has 27 heavy (non-hydrogen) atoms. The van der Waals surface area contributed by atoms with Crippen LogP contribution in [0.3, 0.4) is 0 Å². The van der Waals surface area contributed by atoms with Gasteiger partial charge in [-0.1, -0.05) is 0 Å². The first-order valence-corrected chi connectivity index (χ1v) is 9.11. The van der Waals surface area contributed by atoms with Crippen molar-refractivity contribution in [1.29, 1.82) is 0 Å². The van der Waals surface area contributed by atoms with Gasteiger partial charge in [0.15, 0.2) is 0 Å². The Labute approximate surface area is 157 Å². The molecule has 0 saturated carbocycles. The monoisotopic (exact) mass is 365 g/mol. The predicted molar refractivity (Wildman–Crippen MR) is 104 cm³/mol. The van der Waals surface area contributed by atoms with E-state index in [9.17, 15) is 4.79 Å². The number of H-pyrrole nitrogens is 1. The van der Waals surface area contributed by atoms with Gasteiger partial charge in [-0.05, 0) is 43.2 Å². The lowest BCUT2D eigenvalue weighted by Crippen LogP contribution is -2.52. The summed E-state index contributed by atoms with van der Waals surface area (Å²) in [5.74, 6) is 1.48. The Morgan fingerprint density at radius 1 is 1.11 bits per heavy atom. The normalized spacial score (nSPS) is 14.6. The van der Waals surface area contributed by atoms with Crippen LogP contribution in [0.4, 0.5) is 10.7 Å². The van der Waals surface area contributed by atoms with E-state index in [1.165, 1.54) is 11.1 Å². The molecule has 140 valence electrons. The standard InChI is InChI=1S/C19H23N7O/c1-13-10-15-16(11-14(13)2)24-17(23-15)12-22-19(27)26-8-6-25(7-9-26)18-20-4-3-5-21-18/h3-5,10-11H,6-9,12H2,1-2H3,(H,22,27)(H,23,24). The van der Waals surface area contributed by atoms with E-state index in [0.717, 1.165) is 29.9 Å². The number of piperazine rings is 1. The fraction of sp³-hybridized carbons (Fsp3) is 0.368. The van der Waals surface area contributed by atoms with E-state index in [4.69, 9.17) is 0 Å². The van der Waals surface area contributed by atoms with Crippen LogP contribution in [0.2, 0.25) is 0 Å². The highest BCUT2D eigenvalue weighted by Crippen LogP contribution is 2.17. The Balaban J connectivity index is 1.32. The number of amides is 2. The molecule has 1 fully saturated rings. The zero-order chi connectivity index (χ0) is 18.8. The van der Waals surface area contributed by atoms with Gasteiger partial charge >= 0.3 is 6.03 Å². The number of rotatable bonds is 3. The molecule has 0 atom stereocenters. The second-order valence-electron chi connectivity index (χ2n) is 6.82. The number of nitrogens with zero attached hydrogens (tertiary/aromatic N) is 5. The molecule has 1 aliphatic rings. The number of hydrogen-bond donors (Lipinski definition) is 2. The molecule has 0 radical (unpaired) electrons. The molecular formula is C19H23N7O. The molecule has 2 amide bonds. The van der Waals surface area contributed by atoms with Crippen molar-refractivity contribution >= 4 is 23.0 Å². The minimum Gasteiger partial charge on any atom is -0.340 e. The number of nitrogens with one attached hydrogen (secondary N) is 2. The molecular weight excluding hydrogens is 342 g/mol. The van der Waals surface area contributed by atoms with Crippen molar-refractivity contribution < 1.29 is 4.79 Å².